The van der Waals surface area contributed by atoms with Crippen molar-refractivity contribution in [3.63, 3.8) is 0 Å². The van der Waals surface area contributed by atoms with E-state index in [-0.39, 0.29) is 11.9 Å². The Labute approximate surface area is 104 Å². The first kappa shape index (κ1) is 14.0. The monoisotopic (exact) mass is 238 g/mol. The summed E-state index contributed by atoms with van der Waals surface area (Å²) in [7, 11) is 0. The Morgan fingerprint density at radius 3 is 2.35 bits per heavy atom. The molecular formula is C14H23FN2. The fourth-order valence-electron chi connectivity index (χ4n) is 1.90. The van der Waals surface area contributed by atoms with Gasteiger partial charge in [-0.2, -0.15) is 0 Å². The van der Waals surface area contributed by atoms with E-state index in [4.69, 9.17) is 5.73 Å². The van der Waals surface area contributed by atoms with E-state index in [2.05, 4.69) is 18.7 Å². The molecule has 1 aromatic rings. The van der Waals surface area contributed by atoms with Gasteiger partial charge in [-0.05, 0) is 37.5 Å². The van der Waals surface area contributed by atoms with Gasteiger partial charge in [0.2, 0.25) is 0 Å². The number of halogens is 1. The molecule has 1 atom stereocenters. The number of hydrogen-bond acceptors (Lipinski definition) is 2. The minimum absolute atomic E-state index is 0.126. The molecule has 0 spiro atoms. The zero-order valence-corrected chi connectivity index (χ0v) is 11.2. The number of hydrogen-bond donors (Lipinski definition) is 1. The third-order valence-electron chi connectivity index (χ3n) is 2.81. The first-order valence-corrected chi connectivity index (χ1v) is 6.25. The molecule has 0 saturated carbocycles. The van der Waals surface area contributed by atoms with Gasteiger partial charge in [-0.1, -0.05) is 19.9 Å². The van der Waals surface area contributed by atoms with E-state index in [0.29, 0.717) is 11.6 Å². The summed E-state index contributed by atoms with van der Waals surface area (Å²) in [5.41, 5.74) is 7.25. The number of nitrogens with zero attached hydrogens (tertiary/aromatic N) is 1. The van der Waals surface area contributed by atoms with Crippen molar-refractivity contribution in [2.24, 2.45) is 11.7 Å². The quantitative estimate of drug-likeness (QED) is 0.852. The highest BCUT2D eigenvalue weighted by Crippen LogP contribution is 2.23. The molecule has 0 aromatic heterocycles. The van der Waals surface area contributed by atoms with Gasteiger partial charge in [0, 0.05) is 19.1 Å². The predicted molar refractivity (Wildman–Crippen MR) is 71.7 cm³/mol. The van der Waals surface area contributed by atoms with Crippen LogP contribution in [-0.4, -0.2) is 13.1 Å². The van der Waals surface area contributed by atoms with E-state index < -0.39 is 0 Å². The summed E-state index contributed by atoms with van der Waals surface area (Å²) < 4.78 is 14.0. The second-order valence-electron chi connectivity index (χ2n) is 4.93. The predicted octanol–water partition coefficient (Wildman–Crippen LogP) is 3.33. The average Bonchev–Trinajstić information content (AvgIpc) is 2.25. The lowest BCUT2D eigenvalue weighted by atomic mass is 10.1. The SMILES string of the molecule is CCN(CC(C)C)c1ccc([C@H](C)N)cc1F. The summed E-state index contributed by atoms with van der Waals surface area (Å²) in [6.07, 6.45) is 0. The number of rotatable bonds is 5. The van der Waals surface area contributed by atoms with E-state index >= 15 is 0 Å². The van der Waals surface area contributed by atoms with E-state index in [9.17, 15) is 4.39 Å². The molecule has 2 N–H and O–H groups in total. The van der Waals surface area contributed by atoms with E-state index in [1.54, 1.807) is 6.07 Å². The Kier molecular flexibility index (Phi) is 4.94. The molecule has 1 rings (SSSR count). The second kappa shape index (κ2) is 6.01. The largest absolute Gasteiger partial charge is 0.369 e. The van der Waals surface area contributed by atoms with Crippen LogP contribution in [0.3, 0.4) is 0 Å². The van der Waals surface area contributed by atoms with Gasteiger partial charge >= 0.3 is 0 Å². The van der Waals surface area contributed by atoms with Crippen LogP contribution in [0.15, 0.2) is 18.2 Å². The highest BCUT2D eigenvalue weighted by molar-refractivity contribution is 5.49. The maximum absolute atomic E-state index is 14.0. The van der Waals surface area contributed by atoms with Crippen LogP contribution in [0.5, 0.6) is 0 Å². The van der Waals surface area contributed by atoms with Gasteiger partial charge in [0.1, 0.15) is 5.82 Å². The van der Waals surface area contributed by atoms with Crippen LogP contribution in [0.1, 0.15) is 39.3 Å². The Balaban J connectivity index is 2.96. The molecule has 0 aliphatic heterocycles. The maximum Gasteiger partial charge on any atom is 0.146 e. The number of anilines is 1. The molecule has 0 aliphatic carbocycles. The van der Waals surface area contributed by atoms with Crippen LogP contribution < -0.4 is 10.6 Å². The van der Waals surface area contributed by atoms with E-state index in [0.717, 1.165) is 18.7 Å². The van der Waals surface area contributed by atoms with Gasteiger partial charge in [0.15, 0.2) is 0 Å². The molecule has 2 nitrogen and oxygen atoms in total. The molecule has 1 aromatic carbocycles. The topological polar surface area (TPSA) is 29.3 Å². The fraction of sp³-hybridized carbons (Fsp3) is 0.571. The summed E-state index contributed by atoms with van der Waals surface area (Å²) in [4.78, 5) is 2.06. The molecular weight excluding hydrogens is 215 g/mol. The second-order valence-corrected chi connectivity index (χ2v) is 4.93. The third kappa shape index (κ3) is 3.70. The first-order valence-electron chi connectivity index (χ1n) is 6.25. The Hall–Kier alpha value is -1.09. The van der Waals surface area contributed by atoms with Crippen LogP contribution >= 0.6 is 0 Å². The van der Waals surface area contributed by atoms with Crippen molar-refractivity contribution in [1.82, 2.24) is 0 Å². The molecule has 0 radical (unpaired) electrons. The molecule has 0 aliphatic rings. The van der Waals surface area contributed by atoms with E-state index in [1.807, 2.05) is 26.0 Å². The smallest absolute Gasteiger partial charge is 0.146 e. The van der Waals surface area contributed by atoms with Gasteiger partial charge in [0.05, 0.1) is 5.69 Å². The van der Waals surface area contributed by atoms with Gasteiger partial charge in [-0.25, -0.2) is 4.39 Å². The molecule has 0 heterocycles. The summed E-state index contributed by atoms with van der Waals surface area (Å²) in [6, 6.07) is 5.16. The molecule has 3 heteroatoms. The summed E-state index contributed by atoms with van der Waals surface area (Å²) in [5.74, 6) is 0.338. The minimum Gasteiger partial charge on any atom is -0.369 e. The van der Waals surface area contributed by atoms with Crippen LogP contribution in [-0.2, 0) is 0 Å². The van der Waals surface area contributed by atoms with Crippen molar-refractivity contribution in [3.05, 3.63) is 29.6 Å². The fourth-order valence-corrected chi connectivity index (χ4v) is 1.90. The number of benzene rings is 1. The maximum atomic E-state index is 14.0. The van der Waals surface area contributed by atoms with Crippen molar-refractivity contribution in [2.45, 2.75) is 33.7 Å². The van der Waals surface area contributed by atoms with Crippen molar-refractivity contribution in [2.75, 3.05) is 18.0 Å². The van der Waals surface area contributed by atoms with Crippen LogP contribution in [0.25, 0.3) is 0 Å². The molecule has 0 unspecified atom stereocenters. The highest BCUT2D eigenvalue weighted by Gasteiger charge is 2.12. The molecule has 0 bridgehead atoms. The van der Waals surface area contributed by atoms with Crippen molar-refractivity contribution in [1.29, 1.82) is 0 Å². The molecule has 0 saturated heterocycles. The standard InChI is InChI=1S/C14H23FN2/c1-5-17(9-10(2)3)14-7-6-12(11(4)16)8-13(14)15/h6-8,10-11H,5,9,16H2,1-4H3/t11-/m0/s1. The van der Waals surface area contributed by atoms with Gasteiger partial charge in [-0.3, -0.25) is 0 Å². The highest BCUT2D eigenvalue weighted by atomic mass is 19.1. The number of nitrogens with two attached hydrogens (primary N) is 1. The lowest BCUT2D eigenvalue weighted by Gasteiger charge is -2.26. The van der Waals surface area contributed by atoms with Crippen LogP contribution in [0, 0.1) is 11.7 Å². The van der Waals surface area contributed by atoms with Gasteiger partial charge in [-0.15, -0.1) is 0 Å². The Morgan fingerprint density at radius 1 is 1.29 bits per heavy atom. The molecule has 17 heavy (non-hydrogen) atoms. The Morgan fingerprint density at radius 2 is 1.94 bits per heavy atom. The average molecular weight is 238 g/mol. The zero-order chi connectivity index (χ0) is 13.0. The molecule has 0 amide bonds. The van der Waals surface area contributed by atoms with Crippen molar-refractivity contribution in [3.8, 4) is 0 Å². The molecule has 96 valence electrons. The van der Waals surface area contributed by atoms with Gasteiger partial charge in [0.25, 0.3) is 0 Å². The minimum atomic E-state index is -0.178. The van der Waals surface area contributed by atoms with Crippen LogP contribution in [0.4, 0.5) is 10.1 Å². The first-order chi connectivity index (χ1) is 7.95. The zero-order valence-electron chi connectivity index (χ0n) is 11.2. The summed E-state index contributed by atoms with van der Waals surface area (Å²) in [5, 5.41) is 0. The van der Waals surface area contributed by atoms with Gasteiger partial charge < -0.3 is 10.6 Å². The van der Waals surface area contributed by atoms with Crippen molar-refractivity contribution < 1.29 is 4.39 Å². The normalized spacial score (nSPS) is 12.9. The van der Waals surface area contributed by atoms with E-state index in [1.165, 1.54) is 0 Å². The summed E-state index contributed by atoms with van der Waals surface area (Å²) >= 11 is 0. The molecule has 0 fully saturated rings. The van der Waals surface area contributed by atoms with Crippen molar-refractivity contribution >= 4 is 5.69 Å². The van der Waals surface area contributed by atoms with Crippen LogP contribution in [0.2, 0.25) is 0 Å². The lowest BCUT2D eigenvalue weighted by molar-refractivity contribution is 0.584. The Bertz CT molecular complexity index is 361. The lowest BCUT2D eigenvalue weighted by Crippen LogP contribution is -2.28. The third-order valence-corrected chi connectivity index (χ3v) is 2.81. The summed E-state index contributed by atoms with van der Waals surface area (Å²) in [6.45, 7) is 9.85.